The van der Waals surface area contributed by atoms with Crippen molar-refractivity contribution in [3.63, 3.8) is 0 Å². The summed E-state index contributed by atoms with van der Waals surface area (Å²) in [5.74, 6) is 0.941. The van der Waals surface area contributed by atoms with Crippen LogP contribution in [0.2, 0.25) is 0 Å². The van der Waals surface area contributed by atoms with Crippen molar-refractivity contribution in [2.45, 2.75) is 6.61 Å². The molecule has 0 heterocycles. The summed E-state index contributed by atoms with van der Waals surface area (Å²) < 4.78 is 10.5. The first-order valence-electron chi connectivity index (χ1n) is 5.69. The van der Waals surface area contributed by atoms with Gasteiger partial charge in [0.1, 0.15) is 12.4 Å². The fourth-order valence-electron chi connectivity index (χ4n) is 1.56. The van der Waals surface area contributed by atoms with Gasteiger partial charge in [0.2, 0.25) is 5.90 Å². The van der Waals surface area contributed by atoms with Gasteiger partial charge >= 0.3 is 0 Å². The Kier molecular flexibility index (Phi) is 3.97. The van der Waals surface area contributed by atoms with Crippen LogP contribution >= 0.6 is 0 Å². The monoisotopic (exact) mass is 241 g/mol. The van der Waals surface area contributed by atoms with Gasteiger partial charge in [-0.25, -0.2) is 0 Å². The predicted molar refractivity (Wildman–Crippen MR) is 71.1 cm³/mol. The molecule has 2 aromatic carbocycles. The molecule has 3 nitrogen and oxygen atoms in total. The summed E-state index contributed by atoms with van der Waals surface area (Å²) in [5.41, 5.74) is 1.87. The molecule has 0 amide bonds. The van der Waals surface area contributed by atoms with Gasteiger partial charge in [-0.2, -0.15) is 0 Å². The molecule has 0 saturated heterocycles. The Balaban J connectivity index is 1.97. The number of ether oxygens (including phenoxy) is 2. The van der Waals surface area contributed by atoms with Crippen LogP contribution in [-0.4, -0.2) is 13.0 Å². The van der Waals surface area contributed by atoms with E-state index in [1.54, 1.807) is 0 Å². The van der Waals surface area contributed by atoms with Crippen LogP contribution in [0.25, 0.3) is 0 Å². The third kappa shape index (κ3) is 3.10. The van der Waals surface area contributed by atoms with Crippen molar-refractivity contribution in [2.24, 2.45) is 0 Å². The van der Waals surface area contributed by atoms with Crippen LogP contribution in [0.1, 0.15) is 11.1 Å². The van der Waals surface area contributed by atoms with E-state index in [9.17, 15) is 0 Å². The smallest absolute Gasteiger partial charge is 0.212 e. The first-order chi connectivity index (χ1) is 8.79. The van der Waals surface area contributed by atoms with Gasteiger partial charge in [0, 0.05) is 5.56 Å². The van der Waals surface area contributed by atoms with Gasteiger partial charge in [0.05, 0.1) is 7.11 Å². The highest BCUT2D eigenvalue weighted by atomic mass is 16.5. The van der Waals surface area contributed by atoms with Gasteiger partial charge in [0.25, 0.3) is 0 Å². The van der Waals surface area contributed by atoms with Crippen LogP contribution in [0.3, 0.4) is 0 Å². The van der Waals surface area contributed by atoms with E-state index in [0.717, 1.165) is 16.9 Å². The minimum atomic E-state index is 0.157. The van der Waals surface area contributed by atoms with Gasteiger partial charge in [-0.05, 0) is 29.8 Å². The average Bonchev–Trinajstić information content (AvgIpc) is 2.46. The molecule has 2 rings (SSSR count). The Bertz CT molecular complexity index is 506. The van der Waals surface area contributed by atoms with E-state index < -0.39 is 0 Å². The second-order valence-corrected chi connectivity index (χ2v) is 3.83. The number of rotatable bonds is 4. The quantitative estimate of drug-likeness (QED) is 0.659. The molecule has 0 atom stereocenters. The Morgan fingerprint density at radius 2 is 1.67 bits per heavy atom. The molecule has 0 spiro atoms. The van der Waals surface area contributed by atoms with E-state index in [-0.39, 0.29) is 5.90 Å². The second kappa shape index (κ2) is 5.87. The Hall–Kier alpha value is -2.29. The van der Waals surface area contributed by atoms with E-state index in [0.29, 0.717) is 6.61 Å². The minimum absolute atomic E-state index is 0.157. The Morgan fingerprint density at radius 1 is 1.00 bits per heavy atom. The van der Waals surface area contributed by atoms with Crippen LogP contribution in [0, 0.1) is 5.41 Å². The van der Waals surface area contributed by atoms with Gasteiger partial charge in [-0.1, -0.05) is 30.3 Å². The molecule has 92 valence electrons. The Morgan fingerprint density at radius 3 is 2.28 bits per heavy atom. The van der Waals surface area contributed by atoms with E-state index in [2.05, 4.69) is 0 Å². The first kappa shape index (κ1) is 12.2. The highest BCUT2D eigenvalue weighted by Crippen LogP contribution is 2.14. The van der Waals surface area contributed by atoms with Gasteiger partial charge < -0.3 is 9.47 Å². The fourth-order valence-corrected chi connectivity index (χ4v) is 1.56. The second-order valence-electron chi connectivity index (χ2n) is 3.83. The molecular formula is C15H15NO2. The van der Waals surface area contributed by atoms with Crippen molar-refractivity contribution in [3.8, 4) is 5.75 Å². The van der Waals surface area contributed by atoms with Crippen molar-refractivity contribution in [1.29, 1.82) is 5.41 Å². The lowest BCUT2D eigenvalue weighted by Gasteiger charge is -2.07. The molecule has 0 radical (unpaired) electrons. The summed E-state index contributed by atoms with van der Waals surface area (Å²) in [4.78, 5) is 0. The molecule has 0 saturated carbocycles. The Labute approximate surface area is 106 Å². The van der Waals surface area contributed by atoms with Crippen LogP contribution in [-0.2, 0) is 11.3 Å². The third-order valence-corrected chi connectivity index (χ3v) is 2.57. The largest absolute Gasteiger partial charge is 0.489 e. The molecule has 0 unspecified atom stereocenters. The molecule has 0 fully saturated rings. The van der Waals surface area contributed by atoms with E-state index in [1.165, 1.54) is 7.11 Å². The summed E-state index contributed by atoms with van der Waals surface area (Å²) in [6.45, 7) is 0.544. The summed E-state index contributed by atoms with van der Waals surface area (Å²) in [5, 5.41) is 7.52. The molecule has 0 aromatic heterocycles. The number of hydrogen-bond acceptors (Lipinski definition) is 3. The van der Waals surface area contributed by atoms with Crippen molar-refractivity contribution < 1.29 is 9.47 Å². The molecule has 1 N–H and O–H groups in total. The van der Waals surface area contributed by atoms with Gasteiger partial charge in [0.15, 0.2) is 0 Å². The van der Waals surface area contributed by atoms with Crippen molar-refractivity contribution in [2.75, 3.05) is 7.11 Å². The summed E-state index contributed by atoms with van der Waals surface area (Å²) in [7, 11) is 1.49. The standard InChI is InChI=1S/C15H15NO2/c1-17-15(16)13-7-9-14(10-8-13)18-11-12-5-3-2-4-6-12/h2-10,16H,11H2,1H3. The molecule has 0 aliphatic carbocycles. The van der Waals surface area contributed by atoms with Gasteiger partial charge in [-0.15, -0.1) is 0 Å². The lowest BCUT2D eigenvalue weighted by atomic mass is 10.2. The lowest BCUT2D eigenvalue weighted by Crippen LogP contribution is -2.01. The number of nitrogens with one attached hydrogen (secondary N) is 1. The van der Waals surface area contributed by atoms with E-state index >= 15 is 0 Å². The summed E-state index contributed by atoms with van der Waals surface area (Å²) in [6, 6.07) is 17.3. The first-order valence-corrected chi connectivity index (χ1v) is 5.69. The topological polar surface area (TPSA) is 42.3 Å². The van der Waals surface area contributed by atoms with Crippen molar-refractivity contribution >= 4 is 5.90 Å². The maximum atomic E-state index is 7.52. The minimum Gasteiger partial charge on any atom is -0.489 e. The van der Waals surface area contributed by atoms with Crippen LogP contribution in [0.4, 0.5) is 0 Å². The highest BCUT2D eigenvalue weighted by Gasteiger charge is 2.01. The average molecular weight is 241 g/mol. The fraction of sp³-hybridized carbons (Fsp3) is 0.133. The SMILES string of the molecule is COC(=N)c1ccc(OCc2ccccc2)cc1. The number of hydrogen-bond donors (Lipinski definition) is 1. The molecular weight excluding hydrogens is 226 g/mol. The summed E-state index contributed by atoms with van der Waals surface area (Å²) in [6.07, 6.45) is 0. The summed E-state index contributed by atoms with van der Waals surface area (Å²) >= 11 is 0. The molecule has 0 aliphatic heterocycles. The van der Waals surface area contributed by atoms with Crippen LogP contribution in [0.15, 0.2) is 54.6 Å². The molecule has 3 heteroatoms. The zero-order valence-electron chi connectivity index (χ0n) is 10.2. The van der Waals surface area contributed by atoms with Gasteiger partial charge in [-0.3, -0.25) is 5.41 Å². The molecule has 18 heavy (non-hydrogen) atoms. The van der Waals surface area contributed by atoms with E-state index in [1.807, 2.05) is 54.6 Å². The van der Waals surface area contributed by atoms with Crippen LogP contribution in [0.5, 0.6) is 5.75 Å². The highest BCUT2D eigenvalue weighted by molar-refractivity contribution is 5.91. The van der Waals surface area contributed by atoms with E-state index in [4.69, 9.17) is 14.9 Å². The predicted octanol–water partition coefficient (Wildman–Crippen LogP) is 3.24. The van der Waals surface area contributed by atoms with Crippen LogP contribution < -0.4 is 4.74 Å². The lowest BCUT2D eigenvalue weighted by molar-refractivity contribution is 0.306. The zero-order chi connectivity index (χ0) is 12.8. The third-order valence-electron chi connectivity index (χ3n) is 2.57. The number of benzene rings is 2. The van der Waals surface area contributed by atoms with Crippen molar-refractivity contribution in [1.82, 2.24) is 0 Å². The maximum Gasteiger partial charge on any atom is 0.212 e. The molecule has 2 aromatic rings. The maximum absolute atomic E-state index is 7.52. The van der Waals surface area contributed by atoms with Crippen molar-refractivity contribution in [3.05, 3.63) is 65.7 Å². The molecule has 0 bridgehead atoms. The number of methoxy groups -OCH3 is 1. The zero-order valence-corrected chi connectivity index (χ0v) is 10.2. The molecule has 0 aliphatic rings. The normalized spacial score (nSPS) is 9.83.